The molecule has 40 heavy (non-hydrogen) atoms. The second-order valence-corrected chi connectivity index (χ2v) is 10.3. The van der Waals surface area contributed by atoms with E-state index in [1.54, 1.807) is 61.5 Å². The van der Waals surface area contributed by atoms with Crippen molar-refractivity contribution in [2.45, 2.75) is 45.1 Å². The SMILES string of the molecule is CCOC(=O)c1c(NC(=O)COc2ccc(C[C@@H](NC(=O)c3ccccc3)C(=O)OC)cc2)sc2c1CCCC2. The monoisotopic (exact) mass is 564 g/mol. The van der Waals surface area contributed by atoms with Crippen LogP contribution in [-0.4, -0.2) is 50.1 Å². The molecule has 1 aliphatic rings. The molecule has 3 aromatic rings. The standard InChI is InChI=1S/C30H32N2O7S/c1-3-38-30(36)26-22-11-7-8-12-24(22)40-28(26)32-25(33)18-39-21-15-13-19(14-16-21)17-23(29(35)37-2)31-27(34)20-9-5-4-6-10-20/h4-6,9-10,13-16,23H,3,7-8,11-12,17-18H2,1-2H3,(H,31,34)(H,32,33)/t23-/m1/s1. The minimum Gasteiger partial charge on any atom is -0.484 e. The van der Waals surface area contributed by atoms with Crippen LogP contribution in [0.1, 0.15) is 56.5 Å². The van der Waals surface area contributed by atoms with Crippen LogP contribution in [0.3, 0.4) is 0 Å². The summed E-state index contributed by atoms with van der Waals surface area (Å²) in [6.07, 6.45) is 3.96. The first-order valence-electron chi connectivity index (χ1n) is 13.2. The molecule has 1 aliphatic carbocycles. The molecule has 9 nitrogen and oxygen atoms in total. The van der Waals surface area contributed by atoms with Gasteiger partial charge in [-0.25, -0.2) is 9.59 Å². The van der Waals surface area contributed by atoms with Gasteiger partial charge in [0.2, 0.25) is 0 Å². The molecular weight excluding hydrogens is 532 g/mol. The van der Waals surface area contributed by atoms with Gasteiger partial charge in [0.1, 0.15) is 16.8 Å². The number of fused-ring (bicyclic) bond motifs is 1. The fourth-order valence-electron chi connectivity index (χ4n) is 4.51. The van der Waals surface area contributed by atoms with Gasteiger partial charge in [0.25, 0.3) is 11.8 Å². The highest BCUT2D eigenvalue weighted by Crippen LogP contribution is 2.38. The Morgan fingerprint density at radius 2 is 1.70 bits per heavy atom. The van der Waals surface area contributed by atoms with Crippen LogP contribution in [0.25, 0.3) is 0 Å². The van der Waals surface area contributed by atoms with Gasteiger partial charge in [-0.3, -0.25) is 9.59 Å². The number of carbonyl (C=O) groups excluding carboxylic acids is 4. The number of amides is 2. The molecule has 0 spiro atoms. The van der Waals surface area contributed by atoms with Gasteiger partial charge >= 0.3 is 11.9 Å². The van der Waals surface area contributed by atoms with Crippen molar-refractivity contribution in [3.63, 3.8) is 0 Å². The van der Waals surface area contributed by atoms with E-state index in [0.717, 1.165) is 41.7 Å². The quantitative estimate of drug-likeness (QED) is 0.333. The fraction of sp³-hybridized carbons (Fsp3) is 0.333. The summed E-state index contributed by atoms with van der Waals surface area (Å²) in [7, 11) is 1.27. The van der Waals surface area contributed by atoms with Gasteiger partial charge < -0.3 is 24.8 Å². The van der Waals surface area contributed by atoms with Gasteiger partial charge in [-0.05, 0) is 68.0 Å². The minimum atomic E-state index is -0.875. The van der Waals surface area contributed by atoms with Crippen molar-refractivity contribution in [3.8, 4) is 5.75 Å². The van der Waals surface area contributed by atoms with E-state index in [1.807, 2.05) is 0 Å². The average Bonchev–Trinajstić information content (AvgIpc) is 3.34. The normalized spacial score (nSPS) is 12.9. The summed E-state index contributed by atoms with van der Waals surface area (Å²) in [6, 6.07) is 14.6. The van der Waals surface area contributed by atoms with Crippen molar-refractivity contribution in [1.29, 1.82) is 0 Å². The van der Waals surface area contributed by atoms with E-state index in [2.05, 4.69) is 10.6 Å². The van der Waals surface area contributed by atoms with Crippen molar-refractivity contribution in [2.75, 3.05) is 25.6 Å². The van der Waals surface area contributed by atoms with Gasteiger partial charge in [0, 0.05) is 16.9 Å². The van der Waals surface area contributed by atoms with Crippen molar-refractivity contribution in [3.05, 3.63) is 81.7 Å². The molecule has 1 atom stereocenters. The highest BCUT2D eigenvalue weighted by molar-refractivity contribution is 7.17. The van der Waals surface area contributed by atoms with Gasteiger partial charge in [-0.2, -0.15) is 0 Å². The van der Waals surface area contributed by atoms with Crippen LogP contribution in [0.5, 0.6) is 5.75 Å². The first-order valence-corrected chi connectivity index (χ1v) is 14.0. The zero-order chi connectivity index (χ0) is 28.5. The molecule has 2 amide bonds. The molecule has 1 aromatic heterocycles. The lowest BCUT2D eigenvalue weighted by Gasteiger charge is -2.17. The van der Waals surface area contributed by atoms with E-state index < -0.39 is 18.0 Å². The Labute approximate surface area is 236 Å². The molecular formula is C30H32N2O7S. The number of thiophene rings is 1. The fourth-order valence-corrected chi connectivity index (χ4v) is 5.80. The zero-order valence-corrected chi connectivity index (χ0v) is 23.3. The first-order chi connectivity index (χ1) is 19.4. The Kier molecular flexibility index (Phi) is 9.91. The summed E-state index contributed by atoms with van der Waals surface area (Å²) in [5, 5.41) is 6.05. The molecule has 0 radical (unpaired) electrons. The second kappa shape index (κ2) is 13.7. The van der Waals surface area contributed by atoms with E-state index in [1.165, 1.54) is 18.4 Å². The lowest BCUT2D eigenvalue weighted by Crippen LogP contribution is -2.43. The number of esters is 2. The topological polar surface area (TPSA) is 120 Å². The number of ether oxygens (including phenoxy) is 3. The molecule has 0 bridgehead atoms. The molecule has 4 rings (SSSR count). The zero-order valence-electron chi connectivity index (χ0n) is 22.5. The van der Waals surface area contributed by atoms with Crippen LogP contribution in [0, 0.1) is 0 Å². The maximum Gasteiger partial charge on any atom is 0.341 e. The van der Waals surface area contributed by atoms with Crippen LogP contribution < -0.4 is 15.4 Å². The highest BCUT2D eigenvalue weighted by Gasteiger charge is 2.27. The number of benzene rings is 2. The summed E-state index contributed by atoms with van der Waals surface area (Å²) >= 11 is 1.42. The number of carbonyl (C=O) groups is 4. The third-order valence-electron chi connectivity index (χ3n) is 6.46. The molecule has 0 fully saturated rings. The van der Waals surface area contributed by atoms with E-state index in [-0.39, 0.29) is 31.4 Å². The Balaban J connectivity index is 1.35. The largest absolute Gasteiger partial charge is 0.484 e. The Morgan fingerprint density at radius 1 is 0.975 bits per heavy atom. The number of hydrogen-bond donors (Lipinski definition) is 2. The predicted molar refractivity (Wildman–Crippen MR) is 151 cm³/mol. The number of nitrogens with one attached hydrogen (secondary N) is 2. The third kappa shape index (κ3) is 7.26. The van der Waals surface area contributed by atoms with Crippen molar-refractivity contribution >= 4 is 40.1 Å². The van der Waals surface area contributed by atoms with E-state index >= 15 is 0 Å². The number of methoxy groups -OCH3 is 1. The molecule has 0 saturated heterocycles. The average molecular weight is 565 g/mol. The molecule has 210 valence electrons. The first kappa shape index (κ1) is 28.8. The Bertz CT molecular complexity index is 1350. The molecule has 0 unspecified atom stereocenters. The lowest BCUT2D eigenvalue weighted by molar-refractivity contribution is -0.142. The number of rotatable bonds is 11. The van der Waals surface area contributed by atoms with Crippen molar-refractivity contribution < 1.29 is 33.4 Å². The summed E-state index contributed by atoms with van der Waals surface area (Å²) in [5.74, 6) is -1.28. The second-order valence-electron chi connectivity index (χ2n) is 9.24. The Morgan fingerprint density at radius 3 is 2.40 bits per heavy atom. The maximum absolute atomic E-state index is 12.7. The van der Waals surface area contributed by atoms with Gasteiger partial charge in [0.05, 0.1) is 19.3 Å². The summed E-state index contributed by atoms with van der Waals surface area (Å²) in [5.41, 5.74) is 2.64. The van der Waals surface area contributed by atoms with Crippen molar-refractivity contribution in [1.82, 2.24) is 5.32 Å². The van der Waals surface area contributed by atoms with Crippen LogP contribution in [0.15, 0.2) is 54.6 Å². The summed E-state index contributed by atoms with van der Waals surface area (Å²) < 4.78 is 15.8. The molecule has 2 N–H and O–H groups in total. The van der Waals surface area contributed by atoms with Crippen LogP contribution in [0.2, 0.25) is 0 Å². The van der Waals surface area contributed by atoms with Crippen LogP contribution in [-0.2, 0) is 38.3 Å². The molecule has 10 heteroatoms. The molecule has 0 aliphatic heterocycles. The maximum atomic E-state index is 12.7. The highest BCUT2D eigenvalue weighted by atomic mass is 32.1. The third-order valence-corrected chi connectivity index (χ3v) is 7.67. The van der Waals surface area contributed by atoms with Gasteiger partial charge in [-0.15, -0.1) is 11.3 Å². The summed E-state index contributed by atoms with van der Waals surface area (Å²) in [6.45, 7) is 1.77. The molecule has 1 heterocycles. The van der Waals surface area contributed by atoms with Crippen molar-refractivity contribution in [2.24, 2.45) is 0 Å². The van der Waals surface area contributed by atoms with E-state index in [9.17, 15) is 19.2 Å². The number of aryl methyl sites for hydroxylation is 1. The lowest BCUT2D eigenvalue weighted by atomic mass is 9.95. The minimum absolute atomic E-state index is 0.214. The van der Waals surface area contributed by atoms with Gasteiger partial charge in [0.15, 0.2) is 6.61 Å². The summed E-state index contributed by atoms with van der Waals surface area (Å²) in [4.78, 5) is 51.3. The van der Waals surface area contributed by atoms with Gasteiger partial charge in [-0.1, -0.05) is 30.3 Å². The Hall–Kier alpha value is -4.18. The van der Waals surface area contributed by atoms with E-state index in [4.69, 9.17) is 14.2 Å². The predicted octanol–water partition coefficient (Wildman–Crippen LogP) is 4.34. The number of hydrogen-bond acceptors (Lipinski definition) is 8. The molecule has 2 aromatic carbocycles. The molecule has 0 saturated carbocycles. The van der Waals surface area contributed by atoms with E-state index in [0.29, 0.717) is 21.9 Å². The smallest absolute Gasteiger partial charge is 0.341 e. The number of anilines is 1. The van der Waals surface area contributed by atoms with Crippen LogP contribution >= 0.6 is 11.3 Å². The van der Waals surface area contributed by atoms with Crippen LogP contribution in [0.4, 0.5) is 5.00 Å².